The van der Waals surface area contributed by atoms with E-state index < -0.39 is 0 Å². The second-order valence-electron chi connectivity index (χ2n) is 4.47. The summed E-state index contributed by atoms with van der Waals surface area (Å²) in [4.78, 5) is 15.8. The van der Waals surface area contributed by atoms with Crippen molar-refractivity contribution in [1.82, 2.24) is 4.98 Å². The number of benzene rings is 1. The van der Waals surface area contributed by atoms with Crippen molar-refractivity contribution in [1.29, 1.82) is 0 Å². The number of hydrogen-bond acceptors (Lipinski definition) is 4. The fourth-order valence-electron chi connectivity index (χ4n) is 1.71. The number of pyridine rings is 1. The highest BCUT2D eigenvalue weighted by molar-refractivity contribution is 6.01. The monoisotopic (exact) mass is 298 g/mol. The van der Waals surface area contributed by atoms with Gasteiger partial charge in [0.1, 0.15) is 12.4 Å². The largest absolute Gasteiger partial charge is 0.491 e. The van der Waals surface area contributed by atoms with Gasteiger partial charge in [0.05, 0.1) is 6.61 Å². The second-order valence-corrected chi connectivity index (χ2v) is 4.47. The maximum atomic E-state index is 11.8. The third-order valence-electron chi connectivity index (χ3n) is 2.79. The first kappa shape index (κ1) is 15.7. The molecule has 0 saturated heterocycles. The molecule has 22 heavy (non-hydrogen) atoms. The van der Waals surface area contributed by atoms with Crippen LogP contribution in [0.25, 0.3) is 6.08 Å². The van der Waals surface area contributed by atoms with E-state index in [1.54, 1.807) is 49.8 Å². The molecule has 5 heteroatoms. The number of nitrogens with one attached hydrogen (secondary N) is 1. The van der Waals surface area contributed by atoms with Gasteiger partial charge in [-0.05, 0) is 42.0 Å². The number of methoxy groups -OCH3 is 1. The molecule has 0 unspecified atom stereocenters. The third-order valence-corrected chi connectivity index (χ3v) is 2.79. The number of anilines is 1. The predicted molar refractivity (Wildman–Crippen MR) is 85.7 cm³/mol. The molecule has 5 nitrogen and oxygen atoms in total. The molecule has 2 rings (SSSR count). The van der Waals surface area contributed by atoms with Crippen LogP contribution in [0, 0.1) is 0 Å². The quantitative estimate of drug-likeness (QED) is 0.631. The number of carbonyl (C=O) groups excluding carboxylic acids is 1. The lowest BCUT2D eigenvalue weighted by Crippen LogP contribution is -2.08. The summed E-state index contributed by atoms with van der Waals surface area (Å²) in [6.45, 7) is 1.04. The van der Waals surface area contributed by atoms with Crippen LogP contribution < -0.4 is 10.1 Å². The molecule has 1 aromatic carbocycles. The van der Waals surface area contributed by atoms with Crippen molar-refractivity contribution >= 4 is 17.7 Å². The molecule has 1 aromatic heterocycles. The van der Waals surface area contributed by atoms with Crippen molar-refractivity contribution in [2.75, 3.05) is 25.6 Å². The van der Waals surface area contributed by atoms with Crippen molar-refractivity contribution in [3.8, 4) is 5.75 Å². The number of amides is 1. The summed E-state index contributed by atoms with van der Waals surface area (Å²) in [7, 11) is 1.63. The van der Waals surface area contributed by atoms with Crippen LogP contribution in [0.5, 0.6) is 5.75 Å². The molecular formula is C17H18N2O3. The minimum absolute atomic E-state index is 0.197. The van der Waals surface area contributed by atoms with E-state index >= 15 is 0 Å². The van der Waals surface area contributed by atoms with Gasteiger partial charge in [0.2, 0.25) is 5.91 Å². The average molecular weight is 298 g/mol. The summed E-state index contributed by atoms with van der Waals surface area (Å²) in [6, 6.07) is 10.9. The van der Waals surface area contributed by atoms with Gasteiger partial charge >= 0.3 is 0 Å². The summed E-state index contributed by atoms with van der Waals surface area (Å²) < 4.78 is 10.4. The maximum absolute atomic E-state index is 11.8. The van der Waals surface area contributed by atoms with Crippen LogP contribution in [0.4, 0.5) is 5.69 Å². The molecule has 0 bridgehead atoms. The number of ether oxygens (including phenoxy) is 2. The Labute approximate surface area is 129 Å². The number of hydrogen-bond donors (Lipinski definition) is 1. The first-order valence-electron chi connectivity index (χ1n) is 6.89. The van der Waals surface area contributed by atoms with Crippen molar-refractivity contribution in [3.05, 3.63) is 60.4 Å². The molecule has 1 amide bonds. The topological polar surface area (TPSA) is 60.5 Å². The van der Waals surface area contributed by atoms with Crippen LogP contribution in [-0.2, 0) is 9.53 Å². The molecular weight excluding hydrogens is 280 g/mol. The summed E-state index contributed by atoms with van der Waals surface area (Å²) in [5, 5.41) is 2.78. The van der Waals surface area contributed by atoms with E-state index in [2.05, 4.69) is 10.3 Å². The smallest absolute Gasteiger partial charge is 0.248 e. The standard InChI is InChI=1S/C17H18N2O3/c1-21-11-12-22-16-7-5-15(6-8-16)19-17(20)9-4-14-3-2-10-18-13-14/h2-10,13H,11-12H2,1H3,(H,19,20)/b9-4-. The lowest BCUT2D eigenvalue weighted by Gasteiger charge is -2.07. The summed E-state index contributed by atoms with van der Waals surface area (Å²) >= 11 is 0. The van der Waals surface area contributed by atoms with Gasteiger partial charge in [0.15, 0.2) is 0 Å². The summed E-state index contributed by atoms with van der Waals surface area (Å²) in [6.07, 6.45) is 6.56. The van der Waals surface area contributed by atoms with E-state index in [-0.39, 0.29) is 5.91 Å². The summed E-state index contributed by atoms with van der Waals surface area (Å²) in [5.41, 5.74) is 1.58. The number of aromatic nitrogens is 1. The Morgan fingerprint density at radius 1 is 1.23 bits per heavy atom. The molecule has 114 valence electrons. The van der Waals surface area contributed by atoms with Crippen LogP contribution in [0.2, 0.25) is 0 Å². The van der Waals surface area contributed by atoms with E-state index in [9.17, 15) is 4.79 Å². The van der Waals surface area contributed by atoms with Gasteiger partial charge in [-0.1, -0.05) is 6.07 Å². The molecule has 0 fully saturated rings. The van der Waals surface area contributed by atoms with E-state index in [4.69, 9.17) is 9.47 Å². The van der Waals surface area contributed by atoms with Crippen LogP contribution in [0.1, 0.15) is 5.56 Å². The van der Waals surface area contributed by atoms with E-state index in [1.807, 2.05) is 12.1 Å². The first-order chi connectivity index (χ1) is 10.8. The van der Waals surface area contributed by atoms with Gasteiger partial charge in [-0.15, -0.1) is 0 Å². The average Bonchev–Trinajstić information content (AvgIpc) is 2.56. The molecule has 0 radical (unpaired) electrons. The van der Waals surface area contributed by atoms with Gasteiger partial charge in [0.25, 0.3) is 0 Å². The van der Waals surface area contributed by atoms with Gasteiger partial charge in [-0.25, -0.2) is 0 Å². The molecule has 0 aliphatic carbocycles. The SMILES string of the molecule is COCCOc1ccc(NC(=O)/C=C\c2cccnc2)cc1. The van der Waals surface area contributed by atoms with Crippen molar-refractivity contribution in [3.63, 3.8) is 0 Å². The van der Waals surface area contributed by atoms with Crippen molar-refractivity contribution in [2.45, 2.75) is 0 Å². The molecule has 0 spiro atoms. The van der Waals surface area contributed by atoms with Gasteiger partial charge < -0.3 is 14.8 Å². The Hall–Kier alpha value is -2.66. The zero-order chi connectivity index (χ0) is 15.6. The van der Waals surface area contributed by atoms with Gasteiger partial charge in [0, 0.05) is 31.3 Å². The first-order valence-corrected chi connectivity index (χ1v) is 6.89. The zero-order valence-corrected chi connectivity index (χ0v) is 12.4. The molecule has 1 N–H and O–H groups in total. The Kier molecular flexibility index (Phi) is 6.14. The van der Waals surface area contributed by atoms with Crippen LogP contribution in [0.15, 0.2) is 54.9 Å². The highest BCUT2D eigenvalue weighted by atomic mass is 16.5. The van der Waals surface area contributed by atoms with Crippen molar-refractivity contribution < 1.29 is 14.3 Å². The Morgan fingerprint density at radius 3 is 2.73 bits per heavy atom. The van der Waals surface area contributed by atoms with E-state index in [0.29, 0.717) is 18.9 Å². The Bertz CT molecular complexity index is 610. The highest BCUT2D eigenvalue weighted by Crippen LogP contribution is 2.15. The van der Waals surface area contributed by atoms with Crippen LogP contribution in [0.3, 0.4) is 0 Å². The normalized spacial score (nSPS) is 10.6. The number of rotatable bonds is 7. The molecule has 2 aromatic rings. The minimum atomic E-state index is -0.197. The molecule has 0 atom stereocenters. The predicted octanol–water partition coefficient (Wildman–Crippen LogP) is 2.76. The lowest BCUT2D eigenvalue weighted by molar-refractivity contribution is -0.111. The molecule has 1 heterocycles. The van der Waals surface area contributed by atoms with Gasteiger partial charge in [-0.3, -0.25) is 9.78 Å². The minimum Gasteiger partial charge on any atom is -0.491 e. The van der Waals surface area contributed by atoms with Crippen LogP contribution >= 0.6 is 0 Å². The fraction of sp³-hybridized carbons (Fsp3) is 0.176. The highest BCUT2D eigenvalue weighted by Gasteiger charge is 1.99. The Balaban J connectivity index is 1.85. The van der Waals surface area contributed by atoms with E-state index in [0.717, 1.165) is 11.3 Å². The number of carbonyl (C=O) groups is 1. The molecule has 0 aliphatic rings. The Morgan fingerprint density at radius 2 is 2.05 bits per heavy atom. The second kappa shape index (κ2) is 8.59. The zero-order valence-electron chi connectivity index (χ0n) is 12.4. The molecule has 0 aliphatic heterocycles. The number of nitrogens with zero attached hydrogens (tertiary/aromatic N) is 1. The maximum Gasteiger partial charge on any atom is 0.248 e. The fourth-order valence-corrected chi connectivity index (χ4v) is 1.71. The summed E-state index contributed by atoms with van der Waals surface area (Å²) in [5.74, 6) is 0.540. The van der Waals surface area contributed by atoms with Gasteiger partial charge in [-0.2, -0.15) is 0 Å². The van der Waals surface area contributed by atoms with E-state index in [1.165, 1.54) is 6.08 Å². The third kappa shape index (κ3) is 5.38. The van der Waals surface area contributed by atoms with Crippen molar-refractivity contribution in [2.24, 2.45) is 0 Å². The molecule has 0 saturated carbocycles. The lowest BCUT2D eigenvalue weighted by atomic mass is 10.2. The van der Waals surface area contributed by atoms with Crippen LogP contribution in [-0.4, -0.2) is 31.2 Å².